The topological polar surface area (TPSA) is 214 Å². The number of nitrogens with two attached hydrogens (primary N) is 2. The average Bonchev–Trinajstić information content (AvgIpc) is 2.90. The summed E-state index contributed by atoms with van der Waals surface area (Å²) in [6.45, 7) is 3.23. The minimum atomic E-state index is -1.29. The number of carboxylic acid groups (broad SMARTS) is 1. The van der Waals surface area contributed by atoms with Gasteiger partial charge in [-0.15, -0.1) is 0 Å². The van der Waals surface area contributed by atoms with E-state index < -0.39 is 59.7 Å². The molecule has 0 saturated heterocycles. The lowest BCUT2D eigenvalue weighted by Crippen LogP contribution is -2.58. The Balaban J connectivity index is 2.23. The zero-order valence-corrected chi connectivity index (χ0v) is 22.5. The van der Waals surface area contributed by atoms with Gasteiger partial charge in [-0.25, -0.2) is 4.79 Å². The second-order valence-electron chi connectivity index (χ2n) is 9.86. The smallest absolute Gasteiger partial charge is 0.326 e. The highest BCUT2D eigenvalue weighted by atomic mass is 16.4. The van der Waals surface area contributed by atoms with Crippen LogP contribution in [0.5, 0.6) is 5.75 Å². The normalized spacial score (nSPS) is 13.9. The number of aromatic hydroxyl groups is 1. The zero-order valence-electron chi connectivity index (χ0n) is 22.5. The van der Waals surface area contributed by atoms with Gasteiger partial charge in [-0.2, -0.15) is 0 Å². The molecule has 0 bridgehead atoms. The maximum Gasteiger partial charge on any atom is 0.326 e. The van der Waals surface area contributed by atoms with E-state index in [-0.39, 0.29) is 31.4 Å². The number of carbonyl (C=O) groups excluding carboxylic acids is 4. The number of carboxylic acids is 1. The average molecular weight is 556 g/mol. The number of primary amides is 1. The molecule has 40 heavy (non-hydrogen) atoms. The number of hydrogen-bond acceptors (Lipinski definition) is 7. The molecule has 9 N–H and O–H groups in total. The molecule has 0 heterocycles. The summed E-state index contributed by atoms with van der Waals surface area (Å²) in [5.74, 6) is -4.48. The van der Waals surface area contributed by atoms with Gasteiger partial charge in [0.05, 0.1) is 6.04 Å². The molecule has 0 fully saturated rings. The summed E-state index contributed by atoms with van der Waals surface area (Å²) in [6.07, 6.45) is -0.214. The molecule has 2 rings (SSSR count). The molecule has 216 valence electrons. The van der Waals surface area contributed by atoms with Crippen molar-refractivity contribution in [1.82, 2.24) is 16.0 Å². The van der Waals surface area contributed by atoms with E-state index in [0.29, 0.717) is 5.56 Å². The fourth-order valence-corrected chi connectivity index (χ4v) is 3.91. The molecule has 2 aromatic rings. The van der Waals surface area contributed by atoms with Crippen LogP contribution in [0, 0.1) is 5.92 Å². The molecule has 0 saturated carbocycles. The van der Waals surface area contributed by atoms with E-state index in [1.807, 2.05) is 0 Å². The predicted octanol–water partition coefficient (Wildman–Crippen LogP) is -0.0348. The summed E-state index contributed by atoms with van der Waals surface area (Å²) in [4.78, 5) is 62.4. The first-order valence-corrected chi connectivity index (χ1v) is 12.9. The van der Waals surface area contributed by atoms with Crippen molar-refractivity contribution < 1.29 is 34.2 Å². The number of hydrogen-bond donors (Lipinski definition) is 7. The Morgan fingerprint density at radius 2 is 1.32 bits per heavy atom. The molecular formula is C28H37N5O7. The maximum absolute atomic E-state index is 13.4. The summed E-state index contributed by atoms with van der Waals surface area (Å²) < 4.78 is 0. The standard InChI is InChI=1S/C28H37N5O7/c1-16(2)24(28(39)40)33-26(37)21(12-13-23(30)35)31-27(38)22(15-17-6-4-3-5-7-17)32-25(36)20(29)14-18-8-10-19(34)11-9-18/h3-11,16,20-22,24,34H,12-15,29H2,1-2H3,(H2,30,35)(H,31,38)(H,32,36)(H,33,37)(H,39,40). The van der Waals surface area contributed by atoms with Crippen LogP contribution >= 0.6 is 0 Å². The highest BCUT2D eigenvalue weighted by Crippen LogP contribution is 2.12. The van der Waals surface area contributed by atoms with Gasteiger partial charge in [-0.3, -0.25) is 19.2 Å². The van der Waals surface area contributed by atoms with Crippen molar-refractivity contribution in [3.8, 4) is 5.75 Å². The van der Waals surface area contributed by atoms with Crippen molar-refractivity contribution in [3.63, 3.8) is 0 Å². The van der Waals surface area contributed by atoms with Crippen LogP contribution in [-0.4, -0.2) is 64.0 Å². The lowest BCUT2D eigenvalue weighted by Gasteiger charge is -2.26. The van der Waals surface area contributed by atoms with E-state index in [9.17, 15) is 34.2 Å². The van der Waals surface area contributed by atoms with E-state index in [0.717, 1.165) is 5.56 Å². The summed E-state index contributed by atoms with van der Waals surface area (Å²) >= 11 is 0. The molecule has 0 aliphatic heterocycles. The number of phenols is 1. The molecule has 2 aromatic carbocycles. The van der Waals surface area contributed by atoms with Gasteiger partial charge in [0.2, 0.25) is 23.6 Å². The molecule has 12 nitrogen and oxygen atoms in total. The SMILES string of the molecule is CC(C)C(NC(=O)C(CCC(N)=O)NC(=O)C(Cc1ccccc1)NC(=O)C(N)Cc1ccc(O)cc1)C(=O)O. The maximum atomic E-state index is 13.4. The van der Waals surface area contributed by atoms with Gasteiger partial charge in [0.15, 0.2) is 0 Å². The van der Waals surface area contributed by atoms with Crippen LogP contribution in [0.1, 0.15) is 37.8 Å². The summed E-state index contributed by atoms with van der Waals surface area (Å²) in [5, 5.41) is 26.5. The van der Waals surface area contributed by atoms with Crippen molar-refractivity contribution in [2.45, 2.75) is 63.7 Å². The Morgan fingerprint density at radius 1 is 0.775 bits per heavy atom. The number of rotatable bonds is 15. The minimum Gasteiger partial charge on any atom is -0.508 e. The third-order valence-corrected chi connectivity index (χ3v) is 6.19. The Morgan fingerprint density at radius 3 is 1.88 bits per heavy atom. The van der Waals surface area contributed by atoms with Crippen molar-refractivity contribution in [3.05, 3.63) is 65.7 Å². The fraction of sp³-hybridized carbons (Fsp3) is 0.393. The van der Waals surface area contributed by atoms with E-state index in [2.05, 4.69) is 16.0 Å². The number of amides is 4. The van der Waals surface area contributed by atoms with Gasteiger partial charge in [0, 0.05) is 12.8 Å². The Bertz CT molecular complexity index is 1170. The molecule has 0 spiro atoms. The molecule has 0 radical (unpaired) electrons. The molecular weight excluding hydrogens is 518 g/mol. The number of benzene rings is 2. The zero-order chi connectivity index (χ0) is 29.8. The van der Waals surface area contributed by atoms with Crippen LogP contribution in [0.4, 0.5) is 0 Å². The first kappa shape index (κ1) is 31.8. The minimum absolute atomic E-state index is 0.0677. The lowest BCUT2D eigenvalue weighted by atomic mass is 10.0. The number of nitrogens with one attached hydrogen (secondary N) is 3. The first-order chi connectivity index (χ1) is 18.9. The lowest BCUT2D eigenvalue weighted by molar-refractivity contribution is -0.143. The third kappa shape index (κ3) is 10.4. The second kappa shape index (κ2) is 15.2. The highest BCUT2D eigenvalue weighted by molar-refractivity contribution is 5.94. The Kier molecular flexibility index (Phi) is 12.1. The third-order valence-electron chi connectivity index (χ3n) is 6.19. The number of aliphatic carboxylic acids is 1. The van der Waals surface area contributed by atoms with Crippen LogP contribution in [-0.2, 0) is 36.8 Å². The van der Waals surface area contributed by atoms with Gasteiger partial charge in [-0.05, 0) is 42.0 Å². The van der Waals surface area contributed by atoms with Crippen LogP contribution < -0.4 is 27.4 Å². The van der Waals surface area contributed by atoms with Crippen molar-refractivity contribution in [2.75, 3.05) is 0 Å². The second-order valence-corrected chi connectivity index (χ2v) is 9.86. The monoisotopic (exact) mass is 555 g/mol. The van der Waals surface area contributed by atoms with Crippen LogP contribution in [0.15, 0.2) is 54.6 Å². The van der Waals surface area contributed by atoms with E-state index in [1.54, 1.807) is 56.3 Å². The summed E-state index contributed by atoms with van der Waals surface area (Å²) in [7, 11) is 0. The van der Waals surface area contributed by atoms with E-state index in [4.69, 9.17) is 11.5 Å². The largest absolute Gasteiger partial charge is 0.508 e. The van der Waals surface area contributed by atoms with Crippen molar-refractivity contribution in [1.29, 1.82) is 0 Å². The molecule has 4 unspecified atom stereocenters. The van der Waals surface area contributed by atoms with E-state index >= 15 is 0 Å². The van der Waals surface area contributed by atoms with Gasteiger partial charge in [0.1, 0.15) is 23.9 Å². The summed E-state index contributed by atoms with van der Waals surface area (Å²) in [6, 6.07) is 10.4. The molecule has 0 aliphatic carbocycles. The summed E-state index contributed by atoms with van der Waals surface area (Å²) in [5.41, 5.74) is 12.8. The Hall–Kier alpha value is -4.45. The van der Waals surface area contributed by atoms with Gasteiger partial charge in [-0.1, -0.05) is 56.3 Å². The predicted molar refractivity (Wildman–Crippen MR) is 147 cm³/mol. The molecule has 12 heteroatoms. The van der Waals surface area contributed by atoms with Gasteiger partial charge in [0.25, 0.3) is 0 Å². The Labute approximate surface area is 232 Å². The number of carbonyl (C=O) groups is 5. The molecule has 4 atom stereocenters. The van der Waals surface area contributed by atoms with Crippen LogP contribution in [0.3, 0.4) is 0 Å². The van der Waals surface area contributed by atoms with Crippen LogP contribution in [0.2, 0.25) is 0 Å². The quantitative estimate of drug-likeness (QED) is 0.158. The van der Waals surface area contributed by atoms with E-state index in [1.165, 1.54) is 12.1 Å². The molecule has 4 amide bonds. The van der Waals surface area contributed by atoms with Crippen molar-refractivity contribution in [2.24, 2.45) is 17.4 Å². The molecule has 0 aromatic heterocycles. The van der Waals surface area contributed by atoms with Crippen LogP contribution in [0.25, 0.3) is 0 Å². The van der Waals surface area contributed by atoms with Crippen molar-refractivity contribution >= 4 is 29.6 Å². The highest BCUT2D eigenvalue weighted by Gasteiger charge is 2.31. The van der Waals surface area contributed by atoms with Gasteiger partial charge >= 0.3 is 5.97 Å². The number of phenolic OH excluding ortho intramolecular Hbond substituents is 1. The fourth-order valence-electron chi connectivity index (χ4n) is 3.91. The first-order valence-electron chi connectivity index (χ1n) is 12.9. The van der Waals surface area contributed by atoms with Gasteiger partial charge < -0.3 is 37.6 Å². The molecule has 0 aliphatic rings.